The third kappa shape index (κ3) is 2.08. The summed E-state index contributed by atoms with van der Waals surface area (Å²) in [5, 5.41) is 0. The van der Waals surface area contributed by atoms with Crippen molar-refractivity contribution in [2.45, 2.75) is 32.5 Å². The van der Waals surface area contributed by atoms with Gasteiger partial charge in [-0.05, 0) is 13.8 Å². The van der Waals surface area contributed by atoms with E-state index in [4.69, 9.17) is 9.47 Å². The minimum absolute atomic E-state index is 0.316. The van der Waals surface area contributed by atoms with Crippen LogP contribution in [-0.2, 0) is 9.47 Å². The van der Waals surface area contributed by atoms with Crippen LogP contribution >= 0.6 is 0 Å². The van der Waals surface area contributed by atoms with Crippen molar-refractivity contribution in [3.05, 3.63) is 17.6 Å². The maximum Gasteiger partial charge on any atom is 0.171 e. The summed E-state index contributed by atoms with van der Waals surface area (Å²) < 4.78 is 11.4. The molecule has 0 aromatic carbocycles. The normalized spacial score (nSPS) is 22.7. The van der Waals surface area contributed by atoms with Gasteiger partial charge in [0, 0.05) is 25.9 Å². The van der Waals surface area contributed by atoms with Crippen LogP contribution in [-0.4, -0.2) is 42.1 Å². The predicted octanol–water partition coefficient (Wildman–Crippen LogP) is 1.44. The fourth-order valence-electron chi connectivity index (χ4n) is 2.54. The minimum Gasteiger partial charge on any atom is -0.355 e. The summed E-state index contributed by atoms with van der Waals surface area (Å²) in [7, 11) is 0. The van der Waals surface area contributed by atoms with Crippen LogP contribution in [0.1, 0.15) is 24.2 Å². The molecule has 2 aliphatic rings. The summed E-state index contributed by atoms with van der Waals surface area (Å²) in [4.78, 5) is 11.2. The van der Waals surface area contributed by atoms with Gasteiger partial charge in [-0.15, -0.1) is 0 Å². The van der Waals surface area contributed by atoms with Gasteiger partial charge >= 0.3 is 0 Å². The Labute approximate surface area is 107 Å². The first-order valence-corrected chi connectivity index (χ1v) is 6.52. The molecule has 0 atom stereocenters. The highest BCUT2D eigenvalue weighted by atomic mass is 16.7. The van der Waals surface area contributed by atoms with Crippen molar-refractivity contribution in [2.75, 3.05) is 31.2 Å². The van der Waals surface area contributed by atoms with Crippen LogP contribution in [0.3, 0.4) is 0 Å². The molecule has 0 bridgehead atoms. The van der Waals surface area contributed by atoms with Crippen molar-refractivity contribution in [1.29, 1.82) is 0 Å². The van der Waals surface area contributed by atoms with E-state index >= 15 is 0 Å². The molecule has 1 aromatic heterocycles. The Morgan fingerprint density at radius 3 is 2.39 bits per heavy atom. The van der Waals surface area contributed by atoms with Gasteiger partial charge < -0.3 is 14.4 Å². The van der Waals surface area contributed by atoms with Gasteiger partial charge in [-0.25, -0.2) is 4.98 Å². The van der Waals surface area contributed by atoms with Gasteiger partial charge in [0.2, 0.25) is 0 Å². The molecule has 0 N–H and O–H groups in total. The van der Waals surface area contributed by atoms with Gasteiger partial charge in [0.25, 0.3) is 0 Å². The average molecular weight is 249 g/mol. The smallest absolute Gasteiger partial charge is 0.171 e. The van der Waals surface area contributed by atoms with Crippen LogP contribution in [0.15, 0.2) is 6.20 Å². The SMILES string of the molecule is Cc1ncc(N2CCC3(CC2)OCCO3)nc1C. The quantitative estimate of drug-likeness (QED) is 0.753. The second kappa shape index (κ2) is 4.48. The number of anilines is 1. The first kappa shape index (κ1) is 11.9. The zero-order chi connectivity index (χ0) is 12.6. The van der Waals surface area contributed by atoms with Crippen molar-refractivity contribution < 1.29 is 9.47 Å². The fraction of sp³-hybridized carbons (Fsp3) is 0.692. The number of ether oxygens (including phenoxy) is 2. The van der Waals surface area contributed by atoms with Crippen molar-refractivity contribution >= 4 is 5.82 Å². The van der Waals surface area contributed by atoms with Crippen molar-refractivity contribution in [1.82, 2.24) is 9.97 Å². The van der Waals surface area contributed by atoms with Crippen LogP contribution in [0.5, 0.6) is 0 Å². The molecule has 5 nitrogen and oxygen atoms in total. The van der Waals surface area contributed by atoms with E-state index in [0.717, 1.165) is 56.4 Å². The zero-order valence-electron chi connectivity index (χ0n) is 11.0. The van der Waals surface area contributed by atoms with E-state index in [1.807, 2.05) is 20.0 Å². The van der Waals surface area contributed by atoms with Crippen LogP contribution in [0, 0.1) is 13.8 Å². The number of aryl methyl sites for hydroxylation is 2. The highest BCUT2D eigenvalue weighted by molar-refractivity contribution is 5.38. The van der Waals surface area contributed by atoms with E-state index < -0.39 is 0 Å². The largest absolute Gasteiger partial charge is 0.355 e. The van der Waals surface area contributed by atoms with E-state index in [1.54, 1.807) is 0 Å². The second-order valence-electron chi connectivity index (χ2n) is 4.99. The van der Waals surface area contributed by atoms with E-state index in [1.165, 1.54) is 0 Å². The lowest BCUT2D eigenvalue weighted by Gasteiger charge is -2.38. The molecule has 98 valence electrons. The first-order chi connectivity index (χ1) is 8.69. The number of rotatable bonds is 1. The molecule has 0 saturated carbocycles. The third-order valence-corrected chi connectivity index (χ3v) is 3.84. The van der Waals surface area contributed by atoms with Gasteiger partial charge in [0.05, 0.1) is 30.8 Å². The molecule has 5 heteroatoms. The van der Waals surface area contributed by atoms with Crippen molar-refractivity contribution in [3.8, 4) is 0 Å². The molecule has 1 aromatic rings. The average Bonchev–Trinajstić information content (AvgIpc) is 2.82. The molecule has 0 radical (unpaired) electrons. The van der Waals surface area contributed by atoms with E-state index in [0.29, 0.717) is 0 Å². The second-order valence-corrected chi connectivity index (χ2v) is 4.99. The highest BCUT2D eigenvalue weighted by Crippen LogP contribution is 2.32. The molecule has 0 unspecified atom stereocenters. The first-order valence-electron chi connectivity index (χ1n) is 6.52. The predicted molar refractivity (Wildman–Crippen MR) is 67.6 cm³/mol. The molecule has 2 aliphatic heterocycles. The monoisotopic (exact) mass is 249 g/mol. The van der Waals surface area contributed by atoms with Crippen LogP contribution in [0.2, 0.25) is 0 Å². The maximum atomic E-state index is 5.72. The summed E-state index contributed by atoms with van der Waals surface area (Å²) >= 11 is 0. The Balaban J connectivity index is 1.70. The van der Waals surface area contributed by atoms with Crippen molar-refractivity contribution in [2.24, 2.45) is 0 Å². The van der Waals surface area contributed by atoms with Crippen LogP contribution < -0.4 is 4.90 Å². The van der Waals surface area contributed by atoms with E-state index in [9.17, 15) is 0 Å². The molecule has 3 heterocycles. The lowest BCUT2D eigenvalue weighted by molar-refractivity contribution is -0.169. The number of nitrogens with zero attached hydrogens (tertiary/aromatic N) is 3. The third-order valence-electron chi connectivity index (χ3n) is 3.84. The number of aromatic nitrogens is 2. The molecule has 0 aliphatic carbocycles. The number of piperidine rings is 1. The van der Waals surface area contributed by atoms with Crippen LogP contribution in [0.4, 0.5) is 5.82 Å². The maximum absolute atomic E-state index is 5.72. The molecular formula is C13H19N3O2. The van der Waals surface area contributed by atoms with Gasteiger partial charge in [-0.2, -0.15) is 0 Å². The van der Waals surface area contributed by atoms with Crippen molar-refractivity contribution in [3.63, 3.8) is 0 Å². The summed E-state index contributed by atoms with van der Waals surface area (Å²) in [5.74, 6) is 0.648. The number of hydrogen-bond donors (Lipinski definition) is 0. The molecule has 2 saturated heterocycles. The molecule has 1 spiro atoms. The Kier molecular flexibility index (Phi) is 2.95. The van der Waals surface area contributed by atoms with Gasteiger partial charge in [-0.3, -0.25) is 4.98 Å². The zero-order valence-corrected chi connectivity index (χ0v) is 11.0. The highest BCUT2D eigenvalue weighted by Gasteiger charge is 2.40. The number of hydrogen-bond acceptors (Lipinski definition) is 5. The topological polar surface area (TPSA) is 47.5 Å². The van der Waals surface area contributed by atoms with E-state index in [-0.39, 0.29) is 5.79 Å². The van der Waals surface area contributed by atoms with Gasteiger partial charge in [0.15, 0.2) is 5.79 Å². The van der Waals surface area contributed by atoms with E-state index in [2.05, 4.69) is 14.9 Å². The van der Waals surface area contributed by atoms with Gasteiger partial charge in [-0.1, -0.05) is 0 Å². The summed E-state index contributed by atoms with van der Waals surface area (Å²) in [6, 6.07) is 0. The lowest BCUT2D eigenvalue weighted by atomic mass is 10.0. The minimum atomic E-state index is -0.316. The molecular weight excluding hydrogens is 230 g/mol. The summed E-state index contributed by atoms with van der Waals surface area (Å²) in [5.41, 5.74) is 2.00. The Morgan fingerprint density at radius 2 is 1.78 bits per heavy atom. The standard InChI is InChI=1S/C13H19N3O2/c1-10-11(2)15-12(9-14-10)16-5-3-13(4-6-16)17-7-8-18-13/h9H,3-8H2,1-2H3. The molecule has 0 amide bonds. The molecule has 3 rings (SSSR count). The summed E-state index contributed by atoms with van der Waals surface area (Å²) in [6.07, 6.45) is 3.67. The fourth-order valence-corrected chi connectivity index (χ4v) is 2.54. The molecule has 2 fully saturated rings. The Bertz CT molecular complexity index is 434. The Morgan fingerprint density at radius 1 is 1.11 bits per heavy atom. The van der Waals surface area contributed by atoms with Crippen LogP contribution in [0.25, 0.3) is 0 Å². The summed E-state index contributed by atoms with van der Waals surface area (Å²) in [6.45, 7) is 7.26. The Hall–Kier alpha value is -1.20. The molecule has 18 heavy (non-hydrogen) atoms. The van der Waals surface area contributed by atoms with Gasteiger partial charge in [0.1, 0.15) is 5.82 Å². The lowest BCUT2D eigenvalue weighted by Crippen LogP contribution is -2.45.